The molecule has 0 radical (unpaired) electrons. The van der Waals surface area contributed by atoms with Gasteiger partial charge in [0.2, 0.25) is 0 Å². The molecule has 0 aromatic carbocycles. The van der Waals surface area contributed by atoms with E-state index in [1.807, 2.05) is 0 Å². The summed E-state index contributed by atoms with van der Waals surface area (Å²) < 4.78 is 5.12. The normalized spacial score (nSPS) is 28.2. The van der Waals surface area contributed by atoms with E-state index in [-0.39, 0.29) is 5.97 Å². The average Bonchev–Trinajstić information content (AvgIpc) is 1.98. The summed E-state index contributed by atoms with van der Waals surface area (Å²) in [6, 6.07) is 0. The van der Waals surface area contributed by atoms with Gasteiger partial charge in [0.15, 0.2) is 0 Å². The molecule has 1 rings (SSSR count). The largest absolute Gasteiger partial charge is 0.432 e. The minimum atomic E-state index is -0.195. The Morgan fingerprint density at radius 3 is 2.92 bits per heavy atom. The maximum absolute atomic E-state index is 10.8. The molecule has 1 aliphatic carbocycles. The van der Waals surface area contributed by atoms with E-state index >= 15 is 0 Å². The Bertz CT molecular complexity index is 206. The van der Waals surface area contributed by atoms with E-state index in [9.17, 15) is 4.79 Å². The lowest BCUT2D eigenvalue weighted by molar-refractivity contribution is -0.137. The van der Waals surface area contributed by atoms with Crippen molar-refractivity contribution in [1.29, 1.82) is 0 Å². The first-order chi connectivity index (χ1) is 6.18. The number of carbonyl (C=O) groups excluding carboxylic acids is 1. The van der Waals surface area contributed by atoms with E-state index in [0.29, 0.717) is 5.92 Å². The summed E-state index contributed by atoms with van der Waals surface area (Å²) in [4.78, 5) is 10.8. The van der Waals surface area contributed by atoms with Gasteiger partial charge in [-0.2, -0.15) is 0 Å². The first kappa shape index (κ1) is 10.3. The lowest BCUT2D eigenvalue weighted by Gasteiger charge is -2.14. The van der Waals surface area contributed by atoms with Gasteiger partial charge in [0.25, 0.3) is 0 Å². The molecule has 74 valence electrons. The number of carbonyl (C=O) groups is 1. The molecule has 1 aliphatic rings. The molecule has 2 nitrogen and oxygen atoms in total. The Balaban J connectivity index is 2.55. The van der Waals surface area contributed by atoms with Crippen LogP contribution in [0.15, 0.2) is 11.8 Å². The van der Waals surface area contributed by atoms with Crippen molar-refractivity contribution < 1.29 is 9.53 Å². The SMILES string of the molecule is CC(=O)O/C1=C/C(C)CCCCC1. The highest BCUT2D eigenvalue weighted by molar-refractivity contribution is 5.67. The molecule has 0 spiro atoms. The van der Waals surface area contributed by atoms with Crippen molar-refractivity contribution in [2.45, 2.75) is 46.0 Å². The van der Waals surface area contributed by atoms with Gasteiger partial charge >= 0.3 is 5.97 Å². The van der Waals surface area contributed by atoms with E-state index in [1.165, 1.54) is 26.2 Å². The van der Waals surface area contributed by atoms with Crippen LogP contribution in [0, 0.1) is 5.92 Å². The summed E-state index contributed by atoms with van der Waals surface area (Å²) in [6.07, 6.45) is 7.93. The first-order valence-electron chi connectivity index (χ1n) is 5.07. The third kappa shape index (κ3) is 4.11. The number of hydrogen-bond acceptors (Lipinski definition) is 2. The van der Waals surface area contributed by atoms with Gasteiger partial charge in [0, 0.05) is 13.3 Å². The van der Waals surface area contributed by atoms with Crippen molar-refractivity contribution in [1.82, 2.24) is 0 Å². The standard InChI is InChI=1S/C11H18O2/c1-9-6-4-3-5-7-11(8-9)13-10(2)12/h8-9H,3-7H2,1-2H3/b11-8+. The van der Waals surface area contributed by atoms with Crippen molar-refractivity contribution in [3.63, 3.8) is 0 Å². The van der Waals surface area contributed by atoms with Crippen molar-refractivity contribution in [2.24, 2.45) is 5.92 Å². The van der Waals surface area contributed by atoms with Gasteiger partial charge < -0.3 is 4.74 Å². The van der Waals surface area contributed by atoms with E-state index in [4.69, 9.17) is 4.74 Å². The van der Waals surface area contributed by atoms with Crippen LogP contribution >= 0.6 is 0 Å². The molecule has 0 amide bonds. The average molecular weight is 182 g/mol. The molecule has 1 unspecified atom stereocenters. The minimum absolute atomic E-state index is 0.195. The highest BCUT2D eigenvalue weighted by Gasteiger charge is 2.09. The van der Waals surface area contributed by atoms with Crippen molar-refractivity contribution in [2.75, 3.05) is 0 Å². The van der Waals surface area contributed by atoms with Crippen molar-refractivity contribution in [3.05, 3.63) is 11.8 Å². The topological polar surface area (TPSA) is 26.3 Å². The first-order valence-corrected chi connectivity index (χ1v) is 5.07. The van der Waals surface area contributed by atoms with Crippen LogP contribution in [0.25, 0.3) is 0 Å². The minimum Gasteiger partial charge on any atom is -0.432 e. The Hall–Kier alpha value is -0.790. The van der Waals surface area contributed by atoms with Crippen LogP contribution in [0.5, 0.6) is 0 Å². The summed E-state index contributed by atoms with van der Waals surface area (Å²) >= 11 is 0. The van der Waals surface area contributed by atoms with Crippen LogP contribution in [0.3, 0.4) is 0 Å². The van der Waals surface area contributed by atoms with Crippen LogP contribution in [0.1, 0.15) is 46.0 Å². The Morgan fingerprint density at radius 1 is 1.46 bits per heavy atom. The summed E-state index contributed by atoms with van der Waals surface area (Å²) in [5, 5.41) is 0. The van der Waals surface area contributed by atoms with Gasteiger partial charge in [-0.25, -0.2) is 0 Å². The molecule has 0 bridgehead atoms. The molecule has 0 N–H and O–H groups in total. The van der Waals surface area contributed by atoms with Crippen LogP contribution in [0.2, 0.25) is 0 Å². The lowest BCUT2D eigenvalue weighted by atomic mass is 9.97. The highest BCUT2D eigenvalue weighted by atomic mass is 16.5. The van der Waals surface area contributed by atoms with Gasteiger partial charge in [0.05, 0.1) is 0 Å². The Morgan fingerprint density at radius 2 is 2.23 bits per heavy atom. The maximum atomic E-state index is 10.8. The zero-order valence-electron chi connectivity index (χ0n) is 8.51. The number of hydrogen-bond donors (Lipinski definition) is 0. The molecule has 0 aromatic heterocycles. The molecule has 0 heterocycles. The molecule has 0 aromatic rings. The number of rotatable bonds is 1. The third-order valence-corrected chi connectivity index (χ3v) is 2.33. The molecule has 13 heavy (non-hydrogen) atoms. The molecule has 1 atom stereocenters. The maximum Gasteiger partial charge on any atom is 0.307 e. The van der Waals surface area contributed by atoms with Gasteiger partial charge in [-0.15, -0.1) is 0 Å². The molecular formula is C11H18O2. The third-order valence-electron chi connectivity index (χ3n) is 2.33. The smallest absolute Gasteiger partial charge is 0.307 e. The fourth-order valence-electron chi connectivity index (χ4n) is 1.70. The fourth-order valence-corrected chi connectivity index (χ4v) is 1.70. The van der Waals surface area contributed by atoms with Crippen LogP contribution in [-0.4, -0.2) is 5.97 Å². The van der Waals surface area contributed by atoms with Crippen molar-refractivity contribution >= 4 is 5.97 Å². The Kier molecular flexibility index (Phi) is 4.00. The highest BCUT2D eigenvalue weighted by Crippen LogP contribution is 2.21. The second-order valence-electron chi connectivity index (χ2n) is 3.80. The summed E-state index contributed by atoms with van der Waals surface area (Å²) in [6.45, 7) is 3.64. The molecular weight excluding hydrogens is 164 g/mol. The quantitative estimate of drug-likeness (QED) is 0.583. The molecule has 0 saturated heterocycles. The predicted molar refractivity (Wildman–Crippen MR) is 52.1 cm³/mol. The van der Waals surface area contributed by atoms with E-state index in [2.05, 4.69) is 13.0 Å². The lowest BCUT2D eigenvalue weighted by Crippen LogP contribution is -2.04. The van der Waals surface area contributed by atoms with Gasteiger partial charge in [-0.05, 0) is 24.8 Å². The van der Waals surface area contributed by atoms with E-state index < -0.39 is 0 Å². The fraction of sp³-hybridized carbons (Fsp3) is 0.727. The molecule has 0 saturated carbocycles. The predicted octanol–water partition coefficient (Wildman–Crippen LogP) is 3.03. The number of esters is 1. The second-order valence-corrected chi connectivity index (χ2v) is 3.80. The molecule has 0 fully saturated rings. The van der Waals surface area contributed by atoms with Crippen LogP contribution in [-0.2, 0) is 9.53 Å². The summed E-state index contributed by atoms with van der Waals surface area (Å²) in [7, 11) is 0. The van der Waals surface area contributed by atoms with E-state index in [0.717, 1.165) is 18.6 Å². The number of allylic oxidation sites excluding steroid dienone is 2. The summed E-state index contributed by atoms with van der Waals surface area (Å²) in [5.41, 5.74) is 0. The van der Waals surface area contributed by atoms with Gasteiger partial charge in [0.1, 0.15) is 5.76 Å². The number of ether oxygens (including phenoxy) is 1. The Labute approximate surface area is 80.0 Å². The zero-order chi connectivity index (χ0) is 9.68. The summed E-state index contributed by atoms with van der Waals surface area (Å²) in [5.74, 6) is 1.23. The molecule has 0 aliphatic heterocycles. The van der Waals surface area contributed by atoms with Crippen LogP contribution in [0.4, 0.5) is 0 Å². The molecule has 2 heteroatoms. The van der Waals surface area contributed by atoms with Gasteiger partial charge in [-0.1, -0.05) is 19.8 Å². The second kappa shape index (κ2) is 5.05. The van der Waals surface area contributed by atoms with Crippen LogP contribution < -0.4 is 0 Å². The van der Waals surface area contributed by atoms with E-state index in [1.54, 1.807) is 0 Å². The van der Waals surface area contributed by atoms with Crippen molar-refractivity contribution in [3.8, 4) is 0 Å². The zero-order valence-corrected chi connectivity index (χ0v) is 8.51. The monoisotopic (exact) mass is 182 g/mol. The van der Waals surface area contributed by atoms with Gasteiger partial charge in [-0.3, -0.25) is 4.79 Å².